The molecule has 1 aliphatic carbocycles. The molecule has 32 heavy (non-hydrogen) atoms. The third-order valence-electron chi connectivity index (χ3n) is 5.80. The van der Waals surface area contributed by atoms with E-state index in [1.807, 2.05) is 67.6 Å². The maximum absolute atomic E-state index is 12.6. The number of aromatic nitrogens is 3. The third kappa shape index (κ3) is 5.91. The minimum Gasteiger partial charge on any atom is -0.486 e. The highest BCUT2D eigenvalue weighted by Crippen LogP contribution is 2.33. The number of nitrogens with zero attached hydrogens (tertiary/aromatic N) is 3. The van der Waals surface area contributed by atoms with Crippen LogP contribution in [0.4, 0.5) is 0 Å². The average Bonchev–Trinajstić information content (AvgIpc) is 3.26. The summed E-state index contributed by atoms with van der Waals surface area (Å²) in [7, 11) is 0. The molecule has 0 radical (unpaired) electrons. The number of para-hydroxylation sites is 1. The first-order valence-corrected chi connectivity index (χ1v) is 12.3. The predicted molar refractivity (Wildman–Crippen MR) is 127 cm³/mol. The van der Waals surface area contributed by atoms with Crippen molar-refractivity contribution in [1.29, 1.82) is 0 Å². The van der Waals surface area contributed by atoms with E-state index in [0.29, 0.717) is 18.4 Å². The van der Waals surface area contributed by atoms with Gasteiger partial charge < -0.3 is 10.1 Å². The zero-order valence-corrected chi connectivity index (χ0v) is 19.3. The Kier molecular flexibility index (Phi) is 7.82. The minimum absolute atomic E-state index is 0.00775. The number of hydrogen-bond donors (Lipinski definition) is 1. The van der Waals surface area contributed by atoms with Crippen LogP contribution in [0.15, 0.2) is 65.8 Å². The topological polar surface area (TPSA) is 69.0 Å². The summed E-state index contributed by atoms with van der Waals surface area (Å²) in [6.07, 6.45) is 5.92. The lowest BCUT2D eigenvalue weighted by atomic mass is 9.95. The summed E-state index contributed by atoms with van der Waals surface area (Å²) in [5.74, 6) is 1.93. The Hall–Kier alpha value is -2.80. The van der Waals surface area contributed by atoms with Crippen LogP contribution >= 0.6 is 11.8 Å². The second-order valence-electron chi connectivity index (χ2n) is 8.15. The Bertz CT molecular complexity index is 988. The van der Waals surface area contributed by atoms with Gasteiger partial charge in [0, 0.05) is 6.04 Å². The summed E-state index contributed by atoms with van der Waals surface area (Å²) >= 11 is 1.45. The van der Waals surface area contributed by atoms with Gasteiger partial charge in [0.05, 0.1) is 11.8 Å². The number of carbonyl (C=O) groups excluding carboxylic acids is 1. The molecule has 1 N–H and O–H groups in total. The molecule has 1 amide bonds. The van der Waals surface area contributed by atoms with Crippen LogP contribution in [0.1, 0.15) is 62.5 Å². The number of nitrogens with one attached hydrogen (secondary N) is 1. The fraction of sp³-hybridized carbons (Fsp3) is 0.400. The zero-order valence-electron chi connectivity index (χ0n) is 18.4. The monoisotopic (exact) mass is 450 g/mol. The zero-order chi connectivity index (χ0) is 22.2. The molecule has 168 valence electrons. The molecule has 3 aromatic rings. The summed E-state index contributed by atoms with van der Waals surface area (Å²) in [4.78, 5) is 12.6. The Labute approximate surface area is 193 Å². The summed E-state index contributed by atoms with van der Waals surface area (Å²) < 4.78 is 8.16. The Morgan fingerprint density at radius 3 is 2.47 bits per heavy atom. The maximum atomic E-state index is 12.6. The number of benzene rings is 2. The SMILES string of the molecule is C[C@H](NC(=O)CSc1nnc(COc2ccccc2)n1C1CCCCC1)c1ccccc1. The van der Waals surface area contributed by atoms with Crippen molar-refractivity contribution in [2.75, 3.05) is 5.75 Å². The first-order chi connectivity index (χ1) is 15.7. The molecule has 2 aromatic carbocycles. The molecule has 0 bridgehead atoms. The Balaban J connectivity index is 1.41. The molecule has 1 aromatic heterocycles. The van der Waals surface area contributed by atoms with Gasteiger partial charge in [0.25, 0.3) is 0 Å². The number of amides is 1. The largest absolute Gasteiger partial charge is 0.486 e. The standard InChI is InChI=1S/C25H30N4O2S/c1-19(20-11-5-2-6-12-20)26-24(30)18-32-25-28-27-23(17-31-22-15-9-4-10-16-22)29(25)21-13-7-3-8-14-21/h2,4-6,9-12,15-16,19,21H,3,7-8,13-14,17-18H2,1H3,(H,26,30)/t19-/m0/s1. The van der Waals surface area contributed by atoms with Crippen LogP contribution in [0.3, 0.4) is 0 Å². The molecule has 7 heteroatoms. The lowest BCUT2D eigenvalue weighted by Gasteiger charge is -2.25. The number of rotatable bonds is 9. The fourth-order valence-electron chi connectivity index (χ4n) is 4.11. The molecule has 6 nitrogen and oxygen atoms in total. The van der Waals surface area contributed by atoms with Crippen molar-refractivity contribution >= 4 is 17.7 Å². The van der Waals surface area contributed by atoms with Gasteiger partial charge in [-0.3, -0.25) is 9.36 Å². The first-order valence-electron chi connectivity index (χ1n) is 11.3. The van der Waals surface area contributed by atoms with Crippen molar-refractivity contribution in [3.63, 3.8) is 0 Å². The minimum atomic E-state index is -0.0321. The lowest BCUT2D eigenvalue weighted by Crippen LogP contribution is -2.28. The van der Waals surface area contributed by atoms with Gasteiger partial charge in [-0.25, -0.2) is 0 Å². The van der Waals surface area contributed by atoms with E-state index in [2.05, 4.69) is 20.1 Å². The van der Waals surface area contributed by atoms with E-state index >= 15 is 0 Å². The van der Waals surface area contributed by atoms with Crippen LogP contribution in [-0.4, -0.2) is 26.4 Å². The van der Waals surface area contributed by atoms with Crippen molar-refractivity contribution in [3.8, 4) is 5.75 Å². The Morgan fingerprint density at radius 1 is 1.06 bits per heavy atom. The van der Waals surface area contributed by atoms with Crippen molar-refractivity contribution in [1.82, 2.24) is 20.1 Å². The van der Waals surface area contributed by atoms with Gasteiger partial charge in [-0.2, -0.15) is 0 Å². The number of thioether (sulfide) groups is 1. The summed E-state index contributed by atoms with van der Waals surface area (Å²) in [5.41, 5.74) is 1.09. The van der Waals surface area contributed by atoms with E-state index in [9.17, 15) is 4.79 Å². The van der Waals surface area contributed by atoms with Gasteiger partial charge in [0.15, 0.2) is 11.0 Å². The Morgan fingerprint density at radius 2 is 1.75 bits per heavy atom. The van der Waals surface area contributed by atoms with Crippen LogP contribution in [-0.2, 0) is 11.4 Å². The molecule has 0 saturated heterocycles. The maximum Gasteiger partial charge on any atom is 0.230 e. The summed E-state index contributed by atoms with van der Waals surface area (Å²) in [6.45, 7) is 2.37. The van der Waals surface area contributed by atoms with Crippen LogP contribution in [0.25, 0.3) is 0 Å². The van der Waals surface area contributed by atoms with E-state index in [0.717, 1.165) is 35.1 Å². The highest BCUT2D eigenvalue weighted by molar-refractivity contribution is 7.99. The molecule has 0 aliphatic heterocycles. The molecule has 1 fully saturated rings. The van der Waals surface area contributed by atoms with Gasteiger partial charge in [0.2, 0.25) is 5.91 Å². The van der Waals surface area contributed by atoms with Crippen LogP contribution in [0.5, 0.6) is 5.75 Å². The van der Waals surface area contributed by atoms with E-state index in [4.69, 9.17) is 4.74 Å². The molecule has 4 rings (SSSR count). The van der Waals surface area contributed by atoms with Gasteiger partial charge in [0.1, 0.15) is 12.4 Å². The van der Waals surface area contributed by atoms with E-state index in [1.165, 1.54) is 31.0 Å². The molecule has 1 aliphatic rings. The summed E-state index contributed by atoms with van der Waals surface area (Å²) in [5, 5.41) is 12.7. The molecule has 0 spiro atoms. The average molecular weight is 451 g/mol. The highest BCUT2D eigenvalue weighted by Gasteiger charge is 2.24. The second-order valence-corrected chi connectivity index (χ2v) is 9.09. The molecule has 1 heterocycles. The number of ether oxygens (including phenoxy) is 1. The van der Waals surface area contributed by atoms with Crippen molar-refractivity contribution in [3.05, 3.63) is 72.1 Å². The third-order valence-corrected chi connectivity index (χ3v) is 6.74. The second kappa shape index (κ2) is 11.2. The van der Waals surface area contributed by atoms with Crippen molar-refractivity contribution in [2.45, 2.75) is 62.9 Å². The predicted octanol–water partition coefficient (Wildman–Crippen LogP) is 5.33. The highest BCUT2D eigenvalue weighted by atomic mass is 32.2. The normalized spacial score (nSPS) is 15.3. The van der Waals surface area contributed by atoms with Gasteiger partial charge in [-0.15, -0.1) is 10.2 Å². The molecule has 1 saturated carbocycles. The molecule has 1 atom stereocenters. The molecular weight excluding hydrogens is 420 g/mol. The van der Waals surface area contributed by atoms with Crippen molar-refractivity contribution in [2.24, 2.45) is 0 Å². The van der Waals surface area contributed by atoms with Crippen molar-refractivity contribution < 1.29 is 9.53 Å². The quantitative estimate of drug-likeness (QED) is 0.446. The van der Waals surface area contributed by atoms with Crippen LogP contribution in [0, 0.1) is 0 Å². The van der Waals surface area contributed by atoms with Gasteiger partial charge >= 0.3 is 0 Å². The van der Waals surface area contributed by atoms with Gasteiger partial charge in [-0.1, -0.05) is 79.6 Å². The van der Waals surface area contributed by atoms with E-state index < -0.39 is 0 Å². The first kappa shape index (κ1) is 22.4. The van der Waals surface area contributed by atoms with Gasteiger partial charge in [-0.05, 0) is 37.5 Å². The van der Waals surface area contributed by atoms with Crippen LogP contribution < -0.4 is 10.1 Å². The summed E-state index contributed by atoms with van der Waals surface area (Å²) in [6, 6.07) is 20.1. The smallest absolute Gasteiger partial charge is 0.230 e. The number of hydrogen-bond acceptors (Lipinski definition) is 5. The van der Waals surface area contributed by atoms with E-state index in [1.54, 1.807) is 0 Å². The fourth-order valence-corrected chi connectivity index (χ4v) is 4.95. The van der Waals surface area contributed by atoms with E-state index in [-0.39, 0.29) is 11.9 Å². The molecular formula is C25H30N4O2S. The number of carbonyl (C=O) groups is 1. The lowest BCUT2D eigenvalue weighted by molar-refractivity contribution is -0.119. The van der Waals surface area contributed by atoms with Crippen LogP contribution in [0.2, 0.25) is 0 Å². The molecule has 0 unspecified atom stereocenters.